The van der Waals surface area contributed by atoms with Crippen molar-refractivity contribution in [2.45, 2.75) is 154 Å². The van der Waals surface area contributed by atoms with E-state index in [1.54, 1.807) is 6.08 Å². The molecular weight excluding hydrogens is 816 g/mol. The third-order valence-corrected chi connectivity index (χ3v) is 10.5. The summed E-state index contributed by atoms with van der Waals surface area (Å²) in [6.07, 6.45) is 69.7. The third-order valence-electron chi connectivity index (χ3n) is 9.56. The van der Waals surface area contributed by atoms with Gasteiger partial charge >= 0.3 is 0 Å². The molecule has 0 bridgehead atoms. The number of aliphatic hydroxyl groups is 1. The highest BCUT2D eigenvalue weighted by Crippen LogP contribution is 2.38. The Labute approximate surface area is 391 Å². The second kappa shape index (κ2) is 44.6. The molecule has 3 atom stereocenters. The Morgan fingerprint density at radius 1 is 0.562 bits per heavy atom. The Morgan fingerprint density at radius 2 is 0.953 bits per heavy atom. The van der Waals surface area contributed by atoms with E-state index < -0.39 is 26.6 Å². The van der Waals surface area contributed by atoms with E-state index in [1.165, 1.54) is 0 Å². The summed E-state index contributed by atoms with van der Waals surface area (Å²) in [5, 5.41) is 13.5. The molecule has 9 heteroatoms. The van der Waals surface area contributed by atoms with Crippen molar-refractivity contribution in [2.24, 2.45) is 0 Å². The summed E-state index contributed by atoms with van der Waals surface area (Å²) >= 11 is 0. The molecule has 0 radical (unpaired) electrons. The molecule has 1 amide bonds. The predicted molar refractivity (Wildman–Crippen MR) is 274 cm³/mol. The molecule has 8 nitrogen and oxygen atoms in total. The van der Waals surface area contributed by atoms with E-state index in [0.29, 0.717) is 17.4 Å². The standard InChI is InChI=1S/C55H89N2O6P/c1-6-8-10-12-13-14-15-16-17-18-19-20-21-22-23-24-25-26-27-28-29-30-31-32-33-34-35-36-37-38-39-40-41-42-43-45-47-49-55(59)56-53(54(58)48-46-44-11-9-7-2)52-63-64(60,61)62-51-50-57(3,4)5/h8,10,13-14,16-17,19-20,22-23,25-26,28-29,31-32,34-35,37-38,40-41,46,48,53-54,58H,6-7,9,11-12,15,18,21,24,27,30,33,36,39,42-45,47,49-52H2,1-5H3,(H-,56,59,60,61)/b10-8-,14-13-,17-16-,20-19-,23-22-,26-25-,29-28-,32-31-,35-34-,38-37-,41-40-,48-46+. The molecule has 0 aliphatic heterocycles. The zero-order chi connectivity index (χ0) is 47.1. The van der Waals surface area contributed by atoms with Gasteiger partial charge < -0.3 is 28.8 Å². The van der Waals surface area contributed by atoms with Gasteiger partial charge in [-0.25, -0.2) is 0 Å². The zero-order valence-corrected chi connectivity index (χ0v) is 41.6. The highest BCUT2D eigenvalue weighted by Gasteiger charge is 2.23. The summed E-state index contributed by atoms with van der Waals surface area (Å²) in [4.78, 5) is 25.1. The minimum absolute atomic E-state index is 0.0174. The maximum atomic E-state index is 12.7. The van der Waals surface area contributed by atoms with Crippen molar-refractivity contribution < 1.29 is 32.9 Å². The Hall–Kier alpha value is -3.62. The van der Waals surface area contributed by atoms with Crippen LogP contribution in [0.25, 0.3) is 0 Å². The van der Waals surface area contributed by atoms with Gasteiger partial charge in [0.2, 0.25) is 5.91 Å². The first-order valence-corrected chi connectivity index (χ1v) is 25.7. The van der Waals surface area contributed by atoms with Gasteiger partial charge in [0.25, 0.3) is 7.82 Å². The number of allylic oxidation sites excluding steroid dienone is 23. The Kier molecular flexibility index (Phi) is 42.1. The van der Waals surface area contributed by atoms with E-state index in [0.717, 1.165) is 116 Å². The Morgan fingerprint density at radius 3 is 1.36 bits per heavy atom. The molecule has 0 saturated carbocycles. The van der Waals surface area contributed by atoms with Gasteiger partial charge in [-0.1, -0.05) is 179 Å². The monoisotopic (exact) mass is 905 g/mol. The third kappa shape index (κ3) is 46.4. The van der Waals surface area contributed by atoms with Gasteiger partial charge in [0.15, 0.2) is 0 Å². The summed E-state index contributed by atoms with van der Waals surface area (Å²) in [5.41, 5.74) is 0. The number of amides is 1. The number of rotatable bonds is 41. The van der Waals surface area contributed by atoms with E-state index in [1.807, 2.05) is 27.2 Å². The fourth-order valence-corrected chi connectivity index (χ4v) is 6.46. The van der Waals surface area contributed by atoms with E-state index in [-0.39, 0.29) is 18.9 Å². The number of quaternary nitrogens is 1. The van der Waals surface area contributed by atoms with Crippen LogP contribution in [0.4, 0.5) is 0 Å². The number of aliphatic hydroxyl groups excluding tert-OH is 1. The fraction of sp³-hybridized carbons (Fsp3) is 0.545. The molecular formula is C55H89N2O6P. The summed E-state index contributed by atoms with van der Waals surface area (Å²) in [6, 6.07) is -0.911. The van der Waals surface area contributed by atoms with Crippen LogP contribution < -0.4 is 10.2 Å². The molecule has 0 aliphatic rings. The van der Waals surface area contributed by atoms with Gasteiger partial charge in [0.05, 0.1) is 39.9 Å². The second-order valence-electron chi connectivity index (χ2n) is 16.7. The van der Waals surface area contributed by atoms with Crippen molar-refractivity contribution in [3.8, 4) is 0 Å². The van der Waals surface area contributed by atoms with Gasteiger partial charge in [-0.05, 0) is 103 Å². The second-order valence-corrected chi connectivity index (χ2v) is 18.1. The van der Waals surface area contributed by atoms with Gasteiger partial charge in [0, 0.05) is 6.42 Å². The van der Waals surface area contributed by atoms with E-state index in [9.17, 15) is 19.4 Å². The van der Waals surface area contributed by atoms with Crippen molar-refractivity contribution in [1.29, 1.82) is 0 Å². The molecule has 360 valence electrons. The SMILES string of the molecule is CC/C=C\C/C=C\C/C=C\C/C=C\C/C=C\C/C=C\C/C=C\C/C=C\C/C=C\C/C=C\C/C=C\CCCCCC(=O)NC(COP(=O)([O-])OCC[N+](C)(C)C)C(O)/C=C/CCCCC. The molecule has 0 spiro atoms. The molecule has 0 saturated heterocycles. The molecule has 0 heterocycles. The number of phosphoric ester groups is 1. The lowest BCUT2D eigenvalue weighted by molar-refractivity contribution is -0.870. The minimum atomic E-state index is -4.59. The lowest BCUT2D eigenvalue weighted by atomic mass is 10.1. The number of nitrogens with one attached hydrogen (secondary N) is 1. The van der Waals surface area contributed by atoms with Crippen LogP contribution in [0.1, 0.15) is 142 Å². The van der Waals surface area contributed by atoms with E-state index >= 15 is 0 Å². The van der Waals surface area contributed by atoms with Gasteiger partial charge in [-0.3, -0.25) is 9.36 Å². The molecule has 3 unspecified atom stereocenters. The molecule has 64 heavy (non-hydrogen) atoms. The summed E-state index contributed by atoms with van der Waals surface area (Å²) in [7, 11) is 1.20. The van der Waals surface area contributed by atoms with Crippen LogP contribution in [-0.2, 0) is 18.4 Å². The number of phosphoric acid groups is 1. The fourth-order valence-electron chi connectivity index (χ4n) is 5.74. The van der Waals surface area contributed by atoms with E-state index in [2.05, 4.69) is 153 Å². The number of likely N-dealkylation sites (N-methyl/N-ethyl adjacent to an activating group) is 1. The molecule has 0 aliphatic carbocycles. The Bertz CT molecular complexity index is 1540. The van der Waals surface area contributed by atoms with Crippen LogP contribution in [0.3, 0.4) is 0 Å². The van der Waals surface area contributed by atoms with Crippen molar-refractivity contribution in [2.75, 3.05) is 40.9 Å². The van der Waals surface area contributed by atoms with Gasteiger partial charge in [-0.15, -0.1) is 0 Å². The van der Waals surface area contributed by atoms with E-state index in [4.69, 9.17) is 9.05 Å². The van der Waals surface area contributed by atoms with Crippen LogP contribution in [0, 0.1) is 0 Å². The summed E-state index contributed by atoms with van der Waals surface area (Å²) in [6.45, 7) is 4.34. The first-order chi connectivity index (χ1) is 31.0. The minimum Gasteiger partial charge on any atom is -0.756 e. The van der Waals surface area contributed by atoms with Crippen LogP contribution in [0.2, 0.25) is 0 Å². The molecule has 0 aromatic rings. The van der Waals surface area contributed by atoms with Crippen molar-refractivity contribution in [3.05, 3.63) is 146 Å². The highest BCUT2D eigenvalue weighted by atomic mass is 31.2. The molecule has 0 fully saturated rings. The maximum absolute atomic E-state index is 12.7. The normalized spacial score (nSPS) is 15.4. The van der Waals surface area contributed by atoms with Gasteiger partial charge in [-0.2, -0.15) is 0 Å². The first kappa shape index (κ1) is 60.4. The maximum Gasteiger partial charge on any atom is 0.268 e. The zero-order valence-electron chi connectivity index (χ0n) is 40.7. The molecule has 0 rings (SSSR count). The average Bonchev–Trinajstić information content (AvgIpc) is 3.25. The lowest BCUT2D eigenvalue weighted by Crippen LogP contribution is -2.45. The van der Waals surface area contributed by atoms with Crippen LogP contribution >= 0.6 is 7.82 Å². The topological polar surface area (TPSA) is 108 Å². The van der Waals surface area contributed by atoms with Crippen molar-refractivity contribution in [3.63, 3.8) is 0 Å². The van der Waals surface area contributed by atoms with Crippen LogP contribution in [0.5, 0.6) is 0 Å². The van der Waals surface area contributed by atoms with Crippen molar-refractivity contribution >= 4 is 13.7 Å². The summed E-state index contributed by atoms with van der Waals surface area (Å²) < 4.78 is 23.0. The van der Waals surface area contributed by atoms with Crippen LogP contribution in [-0.4, -0.2) is 68.5 Å². The number of hydrogen-bond donors (Lipinski definition) is 2. The van der Waals surface area contributed by atoms with Gasteiger partial charge in [0.1, 0.15) is 13.2 Å². The number of carbonyl (C=O) groups excluding carboxylic acids is 1. The molecule has 0 aromatic heterocycles. The quantitative estimate of drug-likeness (QED) is 0.0274. The molecule has 2 N–H and O–H groups in total. The number of hydrogen-bond acceptors (Lipinski definition) is 6. The number of carbonyl (C=O) groups is 1. The highest BCUT2D eigenvalue weighted by molar-refractivity contribution is 7.45. The largest absolute Gasteiger partial charge is 0.756 e. The smallest absolute Gasteiger partial charge is 0.268 e. The first-order valence-electron chi connectivity index (χ1n) is 24.2. The average molecular weight is 905 g/mol. The van der Waals surface area contributed by atoms with Crippen molar-refractivity contribution in [1.82, 2.24) is 5.32 Å². The predicted octanol–water partition coefficient (Wildman–Crippen LogP) is 13.6. The number of nitrogens with zero attached hydrogens (tertiary/aromatic N) is 1. The summed E-state index contributed by atoms with van der Waals surface area (Å²) in [5.74, 6) is -0.245. The van der Waals surface area contributed by atoms with Crippen LogP contribution in [0.15, 0.2) is 146 Å². The Balaban J connectivity index is 4.11. The lowest BCUT2D eigenvalue weighted by Gasteiger charge is -2.29. The number of unbranched alkanes of at least 4 members (excludes halogenated alkanes) is 6. The molecule has 0 aromatic carbocycles.